The number of anilines is 2. The van der Waals surface area contributed by atoms with Crippen LogP contribution in [0.1, 0.15) is 31.1 Å². The van der Waals surface area contributed by atoms with E-state index in [0.717, 1.165) is 5.69 Å². The number of methoxy groups -OCH3 is 1. The van der Waals surface area contributed by atoms with Gasteiger partial charge >= 0.3 is 0 Å². The molecule has 100 valence electrons. The van der Waals surface area contributed by atoms with E-state index in [0.29, 0.717) is 23.8 Å². The molecule has 0 aliphatic carbocycles. The van der Waals surface area contributed by atoms with Crippen molar-refractivity contribution in [3.8, 4) is 0 Å². The molecule has 4 heteroatoms. The molecule has 1 atom stereocenters. The minimum atomic E-state index is -0.0241. The van der Waals surface area contributed by atoms with E-state index in [9.17, 15) is 4.79 Å². The van der Waals surface area contributed by atoms with E-state index >= 15 is 0 Å². The third-order valence-corrected chi connectivity index (χ3v) is 2.94. The molecule has 4 nitrogen and oxygen atoms in total. The summed E-state index contributed by atoms with van der Waals surface area (Å²) >= 11 is 0. The van der Waals surface area contributed by atoms with Crippen molar-refractivity contribution < 1.29 is 9.53 Å². The molecular formula is C14H22N2O2. The molecule has 0 heterocycles. The van der Waals surface area contributed by atoms with Gasteiger partial charge in [0.25, 0.3) is 0 Å². The molecule has 0 aliphatic rings. The molecule has 1 rings (SSSR count). The molecule has 1 aromatic rings. The largest absolute Gasteiger partial charge is 0.398 e. The van der Waals surface area contributed by atoms with Gasteiger partial charge in [0.15, 0.2) is 5.78 Å². The van der Waals surface area contributed by atoms with Crippen molar-refractivity contribution >= 4 is 17.2 Å². The van der Waals surface area contributed by atoms with E-state index in [4.69, 9.17) is 10.5 Å². The summed E-state index contributed by atoms with van der Waals surface area (Å²) in [6.07, 6.45) is 0. The number of hydrogen-bond acceptors (Lipinski definition) is 4. The second-order valence-corrected chi connectivity index (χ2v) is 4.81. The van der Waals surface area contributed by atoms with Crippen molar-refractivity contribution in [3.05, 3.63) is 23.8 Å². The third kappa shape index (κ3) is 3.74. The number of nitrogens with one attached hydrogen (secondary N) is 1. The fourth-order valence-electron chi connectivity index (χ4n) is 1.75. The highest BCUT2D eigenvalue weighted by Crippen LogP contribution is 2.20. The van der Waals surface area contributed by atoms with E-state index in [1.54, 1.807) is 19.2 Å². The lowest BCUT2D eigenvalue weighted by Crippen LogP contribution is -2.30. The van der Waals surface area contributed by atoms with Gasteiger partial charge in [-0.15, -0.1) is 0 Å². The van der Waals surface area contributed by atoms with Crippen molar-refractivity contribution in [2.45, 2.75) is 26.8 Å². The van der Waals surface area contributed by atoms with Crippen molar-refractivity contribution in [2.24, 2.45) is 5.92 Å². The van der Waals surface area contributed by atoms with Gasteiger partial charge in [-0.1, -0.05) is 13.8 Å². The summed E-state index contributed by atoms with van der Waals surface area (Å²) < 4.78 is 5.18. The van der Waals surface area contributed by atoms with E-state index < -0.39 is 0 Å². The van der Waals surface area contributed by atoms with Crippen molar-refractivity contribution in [1.82, 2.24) is 0 Å². The monoisotopic (exact) mass is 250 g/mol. The molecule has 1 aromatic carbocycles. The SMILES string of the molecule is COCC(Nc1ccc(N)c(C(C)=O)c1)C(C)C. The number of nitrogen functional groups attached to an aromatic ring is 1. The van der Waals surface area contributed by atoms with E-state index in [1.807, 2.05) is 6.07 Å². The van der Waals surface area contributed by atoms with Crippen LogP contribution in [-0.2, 0) is 4.74 Å². The lowest BCUT2D eigenvalue weighted by Gasteiger charge is -2.23. The average molecular weight is 250 g/mol. The number of ether oxygens (including phenoxy) is 1. The Hall–Kier alpha value is -1.55. The number of carbonyl (C=O) groups excluding carboxylic acids is 1. The van der Waals surface area contributed by atoms with Gasteiger partial charge < -0.3 is 15.8 Å². The Morgan fingerprint density at radius 3 is 2.61 bits per heavy atom. The zero-order valence-electron chi connectivity index (χ0n) is 11.5. The average Bonchev–Trinajstić information content (AvgIpc) is 2.30. The first kappa shape index (κ1) is 14.5. The highest BCUT2D eigenvalue weighted by atomic mass is 16.5. The lowest BCUT2D eigenvalue weighted by molar-refractivity contribution is 0.101. The molecule has 0 saturated carbocycles. The number of nitrogens with two attached hydrogens (primary N) is 1. The highest BCUT2D eigenvalue weighted by molar-refractivity contribution is 6.00. The van der Waals surface area contributed by atoms with Crippen LogP contribution >= 0.6 is 0 Å². The zero-order valence-corrected chi connectivity index (χ0v) is 11.5. The second-order valence-electron chi connectivity index (χ2n) is 4.81. The predicted molar refractivity (Wildman–Crippen MR) is 75.0 cm³/mol. The Bertz CT molecular complexity index is 416. The maximum absolute atomic E-state index is 11.4. The van der Waals surface area contributed by atoms with Crippen LogP contribution in [0.5, 0.6) is 0 Å². The molecule has 18 heavy (non-hydrogen) atoms. The maximum Gasteiger partial charge on any atom is 0.161 e. The Morgan fingerprint density at radius 1 is 1.44 bits per heavy atom. The number of benzene rings is 1. The van der Waals surface area contributed by atoms with Crippen LogP contribution in [0.15, 0.2) is 18.2 Å². The second kappa shape index (κ2) is 6.40. The number of rotatable bonds is 6. The van der Waals surface area contributed by atoms with Crippen LogP contribution in [0.4, 0.5) is 11.4 Å². The van der Waals surface area contributed by atoms with Gasteiger partial charge in [-0.2, -0.15) is 0 Å². The summed E-state index contributed by atoms with van der Waals surface area (Å²) in [5.74, 6) is 0.410. The van der Waals surface area contributed by atoms with Crippen LogP contribution in [-0.4, -0.2) is 25.5 Å². The number of Topliss-reactive ketones (excluding diaryl/α,β-unsaturated/α-hetero) is 1. The number of hydrogen-bond donors (Lipinski definition) is 2. The summed E-state index contributed by atoms with van der Waals surface area (Å²) in [6.45, 7) is 6.39. The first-order valence-corrected chi connectivity index (χ1v) is 6.11. The molecular weight excluding hydrogens is 228 g/mol. The van der Waals surface area contributed by atoms with Gasteiger partial charge in [0, 0.05) is 24.0 Å². The van der Waals surface area contributed by atoms with E-state index in [1.165, 1.54) is 6.92 Å². The normalized spacial score (nSPS) is 12.5. The van der Waals surface area contributed by atoms with Gasteiger partial charge in [-0.3, -0.25) is 4.79 Å². The first-order chi connectivity index (χ1) is 8.45. The van der Waals surface area contributed by atoms with Crippen molar-refractivity contribution in [2.75, 3.05) is 24.8 Å². The Labute approximate surface area is 109 Å². The maximum atomic E-state index is 11.4. The van der Waals surface area contributed by atoms with Gasteiger partial charge in [0.1, 0.15) is 0 Å². The van der Waals surface area contributed by atoms with Gasteiger partial charge in [-0.25, -0.2) is 0 Å². The fourth-order valence-corrected chi connectivity index (χ4v) is 1.75. The van der Waals surface area contributed by atoms with E-state index in [-0.39, 0.29) is 11.8 Å². The van der Waals surface area contributed by atoms with Crippen molar-refractivity contribution in [3.63, 3.8) is 0 Å². The van der Waals surface area contributed by atoms with E-state index in [2.05, 4.69) is 19.2 Å². The molecule has 1 unspecified atom stereocenters. The summed E-state index contributed by atoms with van der Waals surface area (Å²) in [4.78, 5) is 11.4. The molecule has 0 bridgehead atoms. The molecule has 0 aliphatic heterocycles. The van der Waals surface area contributed by atoms with Gasteiger partial charge in [0.05, 0.1) is 12.6 Å². The first-order valence-electron chi connectivity index (χ1n) is 6.11. The Morgan fingerprint density at radius 2 is 2.11 bits per heavy atom. The quantitative estimate of drug-likeness (QED) is 0.601. The smallest absolute Gasteiger partial charge is 0.161 e. The summed E-state index contributed by atoms with van der Waals surface area (Å²) in [5.41, 5.74) is 7.73. The van der Waals surface area contributed by atoms with Crippen LogP contribution in [0.3, 0.4) is 0 Å². The highest BCUT2D eigenvalue weighted by Gasteiger charge is 2.14. The molecule has 0 saturated heterocycles. The Balaban J connectivity index is 2.89. The minimum Gasteiger partial charge on any atom is -0.398 e. The van der Waals surface area contributed by atoms with Crippen LogP contribution < -0.4 is 11.1 Å². The standard InChI is InChI=1S/C14H22N2O2/c1-9(2)14(8-18-4)16-11-5-6-13(15)12(7-11)10(3)17/h5-7,9,14,16H,8,15H2,1-4H3. The van der Waals surface area contributed by atoms with Crippen LogP contribution in [0.2, 0.25) is 0 Å². The number of carbonyl (C=O) groups is 1. The predicted octanol–water partition coefficient (Wildman–Crippen LogP) is 2.55. The summed E-state index contributed by atoms with van der Waals surface area (Å²) in [7, 11) is 1.68. The molecule has 0 radical (unpaired) electrons. The molecule has 3 N–H and O–H groups in total. The topological polar surface area (TPSA) is 64.3 Å². The van der Waals surface area contributed by atoms with Crippen LogP contribution in [0, 0.1) is 5.92 Å². The van der Waals surface area contributed by atoms with Crippen LogP contribution in [0.25, 0.3) is 0 Å². The van der Waals surface area contributed by atoms with Gasteiger partial charge in [-0.05, 0) is 31.0 Å². The Kier molecular flexibility index (Phi) is 5.16. The lowest BCUT2D eigenvalue weighted by atomic mass is 10.0. The summed E-state index contributed by atoms with van der Waals surface area (Å²) in [5, 5.41) is 3.37. The zero-order chi connectivity index (χ0) is 13.7. The molecule has 0 spiro atoms. The molecule has 0 aromatic heterocycles. The van der Waals surface area contributed by atoms with Gasteiger partial charge in [0.2, 0.25) is 0 Å². The third-order valence-electron chi connectivity index (χ3n) is 2.94. The summed E-state index contributed by atoms with van der Waals surface area (Å²) in [6, 6.07) is 5.64. The van der Waals surface area contributed by atoms with Crippen molar-refractivity contribution in [1.29, 1.82) is 0 Å². The molecule has 0 fully saturated rings. The fraction of sp³-hybridized carbons (Fsp3) is 0.500. The molecule has 0 amide bonds. The minimum absolute atomic E-state index is 0.0241. The number of ketones is 1.